The second kappa shape index (κ2) is 6.63. The lowest BCUT2D eigenvalue weighted by Gasteiger charge is -2.09. The van der Waals surface area contributed by atoms with E-state index in [0.29, 0.717) is 25.3 Å². The van der Waals surface area contributed by atoms with E-state index in [-0.39, 0.29) is 16.8 Å². The minimum atomic E-state index is -3.74. The molecule has 2 aromatic heterocycles. The molecule has 0 saturated carbocycles. The molecule has 0 spiro atoms. The van der Waals surface area contributed by atoms with Crippen LogP contribution in [-0.2, 0) is 21.2 Å². The van der Waals surface area contributed by atoms with Crippen LogP contribution in [0.2, 0.25) is 0 Å². The van der Waals surface area contributed by atoms with Gasteiger partial charge in [-0.3, -0.25) is 14.4 Å². The van der Waals surface area contributed by atoms with Crippen molar-refractivity contribution in [2.45, 2.75) is 37.1 Å². The molecule has 3 heterocycles. The summed E-state index contributed by atoms with van der Waals surface area (Å²) in [5.74, 6) is 0.270. The van der Waals surface area contributed by atoms with Crippen LogP contribution in [0.1, 0.15) is 31.5 Å². The average molecular weight is 337 g/mol. The normalized spacial score (nSPS) is 18.2. The van der Waals surface area contributed by atoms with E-state index in [0.717, 1.165) is 12.8 Å². The van der Waals surface area contributed by atoms with Crippen molar-refractivity contribution in [2.75, 3.05) is 17.9 Å². The summed E-state index contributed by atoms with van der Waals surface area (Å²) in [5, 5.41) is 4.15. The monoisotopic (exact) mass is 337 g/mol. The number of rotatable bonds is 6. The summed E-state index contributed by atoms with van der Waals surface area (Å²) in [5.41, 5.74) is 0.634. The summed E-state index contributed by atoms with van der Waals surface area (Å²) in [6, 6.07) is 0.0890. The average Bonchev–Trinajstić information content (AvgIpc) is 3.20. The van der Waals surface area contributed by atoms with E-state index in [2.05, 4.69) is 19.8 Å². The van der Waals surface area contributed by atoms with Crippen LogP contribution in [0.5, 0.6) is 0 Å². The van der Waals surface area contributed by atoms with E-state index in [1.165, 1.54) is 18.6 Å². The van der Waals surface area contributed by atoms with Crippen molar-refractivity contribution in [2.24, 2.45) is 0 Å². The van der Waals surface area contributed by atoms with Crippen molar-refractivity contribution in [1.29, 1.82) is 0 Å². The largest absolute Gasteiger partial charge is 0.379 e. The first kappa shape index (κ1) is 15.9. The van der Waals surface area contributed by atoms with Gasteiger partial charge in [-0.2, -0.15) is 5.10 Å². The Morgan fingerprint density at radius 1 is 1.39 bits per heavy atom. The predicted molar refractivity (Wildman–Crippen MR) is 83.5 cm³/mol. The number of anilines is 1. The van der Waals surface area contributed by atoms with Crippen LogP contribution in [0.25, 0.3) is 0 Å². The van der Waals surface area contributed by atoms with Crippen LogP contribution >= 0.6 is 0 Å². The van der Waals surface area contributed by atoms with Gasteiger partial charge in [0, 0.05) is 25.2 Å². The molecular weight excluding hydrogens is 318 g/mol. The van der Waals surface area contributed by atoms with Gasteiger partial charge in [-0.15, -0.1) is 0 Å². The van der Waals surface area contributed by atoms with Gasteiger partial charge in [0.05, 0.1) is 24.5 Å². The molecule has 0 aromatic carbocycles. The predicted octanol–water partition coefficient (Wildman–Crippen LogP) is 1.39. The zero-order valence-corrected chi connectivity index (χ0v) is 13.7. The Balaban J connectivity index is 1.82. The molecule has 1 fully saturated rings. The molecule has 0 amide bonds. The highest BCUT2D eigenvalue weighted by Crippen LogP contribution is 2.21. The first-order valence-electron chi connectivity index (χ1n) is 7.54. The maximum atomic E-state index is 12.5. The lowest BCUT2D eigenvalue weighted by Crippen LogP contribution is -2.16. The Morgan fingerprint density at radius 3 is 2.96 bits per heavy atom. The van der Waals surface area contributed by atoms with Gasteiger partial charge in [0.2, 0.25) is 0 Å². The van der Waals surface area contributed by atoms with Crippen LogP contribution < -0.4 is 4.72 Å². The minimum absolute atomic E-state index is 0.0890. The molecule has 1 unspecified atom stereocenters. The molecule has 0 radical (unpaired) electrons. The Labute approximate surface area is 135 Å². The molecule has 23 heavy (non-hydrogen) atoms. The van der Waals surface area contributed by atoms with Crippen molar-refractivity contribution >= 4 is 15.8 Å². The fourth-order valence-corrected chi connectivity index (χ4v) is 3.42. The molecule has 0 aliphatic carbocycles. The summed E-state index contributed by atoms with van der Waals surface area (Å²) in [6.45, 7) is 3.23. The van der Waals surface area contributed by atoms with Gasteiger partial charge in [-0.1, -0.05) is 13.3 Å². The second-order valence-electron chi connectivity index (χ2n) is 5.38. The summed E-state index contributed by atoms with van der Waals surface area (Å²) in [6.07, 6.45) is 8.24. The van der Waals surface area contributed by atoms with Crippen molar-refractivity contribution in [3.8, 4) is 0 Å². The van der Waals surface area contributed by atoms with Gasteiger partial charge in [0.25, 0.3) is 10.0 Å². The van der Waals surface area contributed by atoms with E-state index in [1.54, 1.807) is 10.9 Å². The molecular formula is C14H19N5O3S. The maximum absolute atomic E-state index is 12.5. The molecule has 1 saturated heterocycles. The third-order valence-corrected chi connectivity index (χ3v) is 4.95. The Kier molecular flexibility index (Phi) is 4.58. The Hall–Kier alpha value is -2.00. The molecule has 1 aliphatic heterocycles. The first-order chi connectivity index (χ1) is 11.1. The van der Waals surface area contributed by atoms with Gasteiger partial charge < -0.3 is 4.74 Å². The zero-order chi connectivity index (χ0) is 16.3. The quantitative estimate of drug-likeness (QED) is 0.855. The van der Waals surface area contributed by atoms with Gasteiger partial charge >= 0.3 is 0 Å². The third kappa shape index (κ3) is 3.50. The molecule has 8 nitrogen and oxygen atoms in total. The lowest BCUT2D eigenvalue weighted by atomic mass is 10.2. The number of hydrogen-bond donors (Lipinski definition) is 1. The molecule has 2 aromatic rings. The summed E-state index contributed by atoms with van der Waals surface area (Å²) in [4.78, 5) is 8.39. The minimum Gasteiger partial charge on any atom is -0.379 e. The number of nitrogens with zero attached hydrogens (tertiary/aromatic N) is 4. The Bertz CT molecular complexity index is 768. The lowest BCUT2D eigenvalue weighted by molar-refractivity contribution is 0.184. The fourth-order valence-electron chi connectivity index (χ4n) is 2.45. The van der Waals surface area contributed by atoms with E-state index in [9.17, 15) is 8.42 Å². The molecule has 1 aliphatic rings. The van der Waals surface area contributed by atoms with Crippen molar-refractivity contribution in [3.63, 3.8) is 0 Å². The van der Waals surface area contributed by atoms with Gasteiger partial charge in [-0.25, -0.2) is 13.4 Å². The topological polar surface area (TPSA) is 99.0 Å². The van der Waals surface area contributed by atoms with E-state index in [4.69, 9.17) is 4.74 Å². The number of sulfonamides is 1. The number of aryl methyl sites for hydroxylation is 1. The van der Waals surface area contributed by atoms with Crippen molar-refractivity contribution in [1.82, 2.24) is 19.7 Å². The molecule has 3 rings (SSSR count). The number of ether oxygens (including phenoxy) is 1. The summed E-state index contributed by atoms with van der Waals surface area (Å²) < 4.78 is 34.5. The van der Waals surface area contributed by atoms with E-state index in [1.807, 2.05) is 6.92 Å². The molecule has 1 N–H and O–H groups in total. The molecule has 9 heteroatoms. The highest BCUT2D eigenvalue weighted by atomic mass is 32.2. The molecule has 124 valence electrons. The van der Waals surface area contributed by atoms with Crippen LogP contribution in [0.15, 0.2) is 29.7 Å². The maximum Gasteiger partial charge on any atom is 0.266 e. The second-order valence-corrected chi connectivity index (χ2v) is 7.06. The summed E-state index contributed by atoms with van der Waals surface area (Å²) >= 11 is 0. The molecule has 1 atom stereocenters. The standard InChI is InChI=1S/C14H19N5O3S/c1-2-3-13-14(16-6-5-15-13)18-23(20,21)12-8-17-19(9-12)11-4-7-22-10-11/h5-6,8-9,11H,2-4,7,10H2,1H3,(H,16,18). The highest BCUT2D eigenvalue weighted by Gasteiger charge is 2.23. The highest BCUT2D eigenvalue weighted by molar-refractivity contribution is 7.92. The first-order valence-corrected chi connectivity index (χ1v) is 9.03. The van der Waals surface area contributed by atoms with Gasteiger partial charge in [0.1, 0.15) is 4.90 Å². The van der Waals surface area contributed by atoms with Gasteiger partial charge in [0.15, 0.2) is 5.82 Å². The van der Waals surface area contributed by atoms with Crippen molar-refractivity contribution < 1.29 is 13.2 Å². The smallest absolute Gasteiger partial charge is 0.266 e. The van der Waals surface area contributed by atoms with Crippen LogP contribution in [0.4, 0.5) is 5.82 Å². The van der Waals surface area contributed by atoms with Crippen LogP contribution in [-0.4, -0.2) is 41.4 Å². The van der Waals surface area contributed by atoms with Gasteiger partial charge in [-0.05, 0) is 12.8 Å². The summed E-state index contributed by atoms with van der Waals surface area (Å²) in [7, 11) is -3.74. The zero-order valence-electron chi connectivity index (χ0n) is 12.8. The van der Waals surface area contributed by atoms with Crippen LogP contribution in [0.3, 0.4) is 0 Å². The Morgan fingerprint density at radius 2 is 2.22 bits per heavy atom. The number of aromatic nitrogens is 4. The van der Waals surface area contributed by atoms with Crippen molar-refractivity contribution in [3.05, 3.63) is 30.5 Å². The number of hydrogen-bond acceptors (Lipinski definition) is 6. The SMILES string of the molecule is CCCc1nccnc1NS(=O)(=O)c1cnn(C2CCOC2)c1. The van der Waals surface area contributed by atoms with E-state index >= 15 is 0 Å². The number of nitrogens with one attached hydrogen (secondary N) is 1. The van der Waals surface area contributed by atoms with E-state index < -0.39 is 10.0 Å². The third-order valence-electron chi connectivity index (χ3n) is 3.66. The fraction of sp³-hybridized carbons (Fsp3) is 0.500. The van der Waals surface area contributed by atoms with Crippen LogP contribution in [0, 0.1) is 0 Å². The molecule has 0 bridgehead atoms.